The van der Waals surface area contributed by atoms with Crippen LogP contribution in [0.5, 0.6) is 5.75 Å². The number of hydrogen-bond acceptors (Lipinski definition) is 6. The van der Waals surface area contributed by atoms with Gasteiger partial charge in [-0.05, 0) is 54.1 Å². The molecule has 8 heteroatoms. The SMILES string of the molecule is O=C(COc1ccc(/C=N/NC(=O)c2ccncc2)cc1)Nc1cccnc1. The number of benzene rings is 1. The van der Waals surface area contributed by atoms with Gasteiger partial charge >= 0.3 is 0 Å². The number of carbonyl (C=O) groups excluding carboxylic acids is 2. The van der Waals surface area contributed by atoms with Crippen molar-refractivity contribution in [3.63, 3.8) is 0 Å². The Hall–Kier alpha value is -4.07. The van der Waals surface area contributed by atoms with Gasteiger partial charge in [-0.1, -0.05) is 0 Å². The molecule has 2 aromatic heterocycles. The highest BCUT2D eigenvalue weighted by atomic mass is 16.5. The Bertz CT molecular complexity index is 945. The van der Waals surface area contributed by atoms with E-state index >= 15 is 0 Å². The van der Waals surface area contributed by atoms with Crippen molar-refractivity contribution in [1.82, 2.24) is 15.4 Å². The second-order valence-electron chi connectivity index (χ2n) is 5.58. The van der Waals surface area contributed by atoms with Gasteiger partial charge in [-0.15, -0.1) is 0 Å². The molecule has 28 heavy (non-hydrogen) atoms. The number of nitrogens with one attached hydrogen (secondary N) is 2. The lowest BCUT2D eigenvalue weighted by Crippen LogP contribution is -2.20. The van der Waals surface area contributed by atoms with E-state index in [0.717, 1.165) is 5.56 Å². The van der Waals surface area contributed by atoms with E-state index in [0.29, 0.717) is 17.0 Å². The molecule has 3 aromatic rings. The summed E-state index contributed by atoms with van der Waals surface area (Å²) in [6.07, 6.45) is 7.77. The van der Waals surface area contributed by atoms with Crippen LogP contribution in [0.25, 0.3) is 0 Å². The summed E-state index contributed by atoms with van der Waals surface area (Å²) in [5, 5.41) is 6.60. The molecule has 140 valence electrons. The Morgan fingerprint density at radius 1 is 1.00 bits per heavy atom. The molecule has 0 saturated carbocycles. The van der Waals surface area contributed by atoms with Crippen molar-refractivity contribution in [2.45, 2.75) is 0 Å². The first kappa shape index (κ1) is 18.7. The number of pyridine rings is 2. The third-order valence-electron chi connectivity index (χ3n) is 3.52. The second kappa shape index (κ2) is 9.58. The van der Waals surface area contributed by atoms with Crippen LogP contribution in [-0.2, 0) is 4.79 Å². The van der Waals surface area contributed by atoms with Crippen molar-refractivity contribution < 1.29 is 14.3 Å². The maximum Gasteiger partial charge on any atom is 0.271 e. The molecule has 0 bridgehead atoms. The molecule has 2 amide bonds. The first-order valence-corrected chi connectivity index (χ1v) is 8.37. The van der Waals surface area contributed by atoms with Crippen LogP contribution >= 0.6 is 0 Å². The third-order valence-corrected chi connectivity index (χ3v) is 3.52. The van der Waals surface area contributed by atoms with Gasteiger partial charge in [0.05, 0.1) is 18.1 Å². The molecule has 8 nitrogen and oxygen atoms in total. The fourth-order valence-electron chi connectivity index (χ4n) is 2.17. The lowest BCUT2D eigenvalue weighted by atomic mass is 10.2. The quantitative estimate of drug-likeness (QED) is 0.487. The Balaban J connectivity index is 1.45. The zero-order valence-corrected chi connectivity index (χ0v) is 14.8. The van der Waals surface area contributed by atoms with E-state index in [9.17, 15) is 9.59 Å². The molecule has 2 heterocycles. The number of hydrogen-bond donors (Lipinski definition) is 2. The van der Waals surface area contributed by atoms with Crippen molar-refractivity contribution in [2.24, 2.45) is 5.10 Å². The molecule has 0 atom stereocenters. The standard InChI is InChI=1S/C20H17N5O3/c26-19(24-17-2-1-9-22-13-17)14-28-18-5-3-15(4-6-18)12-23-25-20(27)16-7-10-21-11-8-16/h1-13H,14H2,(H,24,26)(H,25,27)/b23-12+. The van der Waals surface area contributed by atoms with Crippen LogP contribution < -0.4 is 15.5 Å². The van der Waals surface area contributed by atoms with E-state index < -0.39 is 0 Å². The molecule has 0 fully saturated rings. The highest BCUT2D eigenvalue weighted by molar-refractivity contribution is 5.94. The van der Waals surface area contributed by atoms with Gasteiger partial charge in [0.15, 0.2) is 6.61 Å². The molecular formula is C20H17N5O3. The highest BCUT2D eigenvalue weighted by Gasteiger charge is 2.04. The predicted octanol–water partition coefficient (Wildman–Crippen LogP) is 2.26. The first-order chi connectivity index (χ1) is 13.7. The van der Waals surface area contributed by atoms with Crippen LogP contribution in [0.4, 0.5) is 5.69 Å². The molecule has 2 N–H and O–H groups in total. The molecule has 0 aliphatic carbocycles. The van der Waals surface area contributed by atoms with Crippen LogP contribution in [0.2, 0.25) is 0 Å². The van der Waals surface area contributed by atoms with Gasteiger partial charge in [0.1, 0.15) is 5.75 Å². The average molecular weight is 375 g/mol. The fourth-order valence-corrected chi connectivity index (χ4v) is 2.17. The van der Waals surface area contributed by atoms with Gasteiger partial charge in [-0.25, -0.2) is 5.43 Å². The molecule has 0 aliphatic heterocycles. The van der Waals surface area contributed by atoms with Gasteiger partial charge in [-0.2, -0.15) is 5.10 Å². The van der Waals surface area contributed by atoms with E-state index in [1.807, 2.05) is 0 Å². The van der Waals surface area contributed by atoms with Gasteiger partial charge in [0.2, 0.25) is 0 Å². The number of aromatic nitrogens is 2. The molecule has 1 aromatic carbocycles. The van der Waals surface area contributed by atoms with Crippen LogP contribution in [0.1, 0.15) is 15.9 Å². The number of ether oxygens (including phenoxy) is 1. The number of rotatable bonds is 7. The monoisotopic (exact) mass is 375 g/mol. The number of amides is 2. The highest BCUT2D eigenvalue weighted by Crippen LogP contribution is 2.11. The zero-order chi connectivity index (χ0) is 19.6. The average Bonchev–Trinajstić information content (AvgIpc) is 2.74. The van der Waals surface area contributed by atoms with Crippen LogP contribution in [0.15, 0.2) is 78.4 Å². The van der Waals surface area contributed by atoms with Crippen LogP contribution in [0, 0.1) is 0 Å². The summed E-state index contributed by atoms with van der Waals surface area (Å²) in [4.78, 5) is 31.5. The summed E-state index contributed by atoms with van der Waals surface area (Å²) in [5.74, 6) is -0.0602. The van der Waals surface area contributed by atoms with E-state index in [1.54, 1.807) is 60.9 Å². The lowest BCUT2D eigenvalue weighted by molar-refractivity contribution is -0.118. The van der Waals surface area contributed by atoms with E-state index in [-0.39, 0.29) is 18.4 Å². The summed E-state index contributed by atoms with van der Waals surface area (Å²) in [7, 11) is 0. The minimum Gasteiger partial charge on any atom is -0.484 e. The maximum atomic E-state index is 11.9. The summed E-state index contributed by atoms with van der Waals surface area (Å²) in [5.41, 5.74) is 4.29. The summed E-state index contributed by atoms with van der Waals surface area (Å²) >= 11 is 0. The third kappa shape index (κ3) is 5.73. The van der Waals surface area contributed by atoms with Crippen molar-refractivity contribution in [2.75, 3.05) is 11.9 Å². The van der Waals surface area contributed by atoms with Gasteiger partial charge in [0, 0.05) is 24.2 Å². The Morgan fingerprint density at radius 2 is 1.79 bits per heavy atom. The number of hydrazone groups is 1. The van der Waals surface area contributed by atoms with Crippen molar-refractivity contribution in [3.8, 4) is 5.75 Å². The van der Waals surface area contributed by atoms with E-state index in [2.05, 4.69) is 25.8 Å². The van der Waals surface area contributed by atoms with E-state index in [1.165, 1.54) is 18.6 Å². The number of nitrogens with zero attached hydrogens (tertiary/aromatic N) is 3. The van der Waals surface area contributed by atoms with Gasteiger partial charge in [0.25, 0.3) is 11.8 Å². The minimum atomic E-state index is -0.321. The van der Waals surface area contributed by atoms with Crippen LogP contribution in [0.3, 0.4) is 0 Å². The number of carbonyl (C=O) groups is 2. The Morgan fingerprint density at radius 3 is 2.50 bits per heavy atom. The molecular weight excluding hydrogens is 358 g/mol. The topological polar surface area (TPSA) is 106 Å². The maximum absolute atomic E-state index is 11.9. The number of anilines is 1. The van der Waals surface area contributed by atoms with Crippen molar-refractivity contribution >= 4 is 23.7 Å². The van der Waals surface area contributed by atoms with Crippen molar-refractivity contribution in [3.05, 3.63) is 84.4 Å². The first-order valence-electron chi connectivity index (χ1n) is 8.37. The Labute approximate surface area is 161 Å². The van der Waals surface area contributed by atoms with Crippen molar-refractivity contribution in [1.29, 1.82) is 0 Å². The molecule has 0 unspecified atom stereocenters. The molecule has 0 radical (unpaired) electrons. The minimum absolute atomic E-state index is 0.121. The summed E-state index contributed by atoms with van der Waals surface area (Å²) in [6.45, 7) is -0.121. The fraction of sp³-hybridized carbons (Fsp3) is 0.0500. The summed E-state index contributed by atoms with van der Waals surface area (Å²) < 4.78 is 5.44. The van der Waals surface area contributed by atoms with E-state index in [4.69, 9.17) is 4.74 Å². The Kier molecular flexibility index (Phi) is 6.40. The molecule has 0 aliphatic rings. The molecule has 0 spiro atoms. The van der Waals surface area contributed by atoms with Gasteiger partial charge < -0.3 is 10.1 Å². The smallest absolute Gasteiger partial charge is 0.271 e. The predicted molar refractivity (Wildman–Crippen MR) is 104 cm³/mol. The normalized spacial score (nSPS) is 10.4. The zero-order valence-electron chi connectivity index (χ0n) is 14.8. The van der Waals surface area contributed by atoms with Crippen LogP contribution in [-0.4, -0.2) is 34.6 Å². The molecule has 0 saturated heterocycles. The second-order valence-corrected chi connectivity index (χ2v) is 5.58. The summed E-state index contributed by atoms with van der Waals surface area (Å²) in [6, 6.07) is 13.6. The lowest BCUT2D eigenvalue weighted by Gasteiger charge is -2.07. The van der Waals surface area contributed by atoms with Gasteiger partial charge in [-0.3, -0.25) is 19.6 Å². The molecule has 3 rings (SSSR count). The largest absolute Gasteiger partial charge is 0.484 e.